The van der Waals surface area contributed by atoms with Gasteiger partial charge in [-0.3, -0.25) is 4.79 Å². The van der Waals surface area contributed by atoms with Crippen molar-refractivity contribution in [1.29, 1.82) is 0 Å². The predicted octanol–water partition coefficient (Wildman–Crippen LogP) is 3.02. The summed E-state index contributed by atoms with van der Waals surface area (Å²) in [5, 5.41) is 8.55. The van der Waals surface area contributed by atoms with Gasteiger partial charge in [0.25, 0.3) is 0 Å². The van der Waals surface area contributed by atoms with E-state index < -0.39 is 5.97 Å². The van der Waals surface area contributed by atoms with E-state index in [9.17, 15) is 4.79 Å². The lowest BCUT2D eigenvalue weighted by molar-refractivity contribution is -0.136. The zero-order valence-electron chi connectivity index (χ0n) is 7.66. The minimum Gasteiger partial charge on any atom is -0.481 e. The Labute approximate surface area is 91.4 Å². The highest BCUT2D eigenvalue weighted by molar-refractivity contribution is 9.10. The highest BCUT2D eigenvalue weighted by Gasteiger charge is 2.02. The van der Waals surface area contributed by atoms with Crippen LogP contribution in [0.5, 0.6) is 0 Å². The molecule has 1 N–H and O–H groups in total. The van der Waals surface area contributed by atoms with Crippen LogP contribution in [-0.4, -0.2) is 11.1 Å². The Morgan fingerprint density at radius 2 is 2.21 bits per heavy atom. The standard InChI is InChI=1S/C11H11BrO2/c1-8(6-11(13)14)5-9-3-2-4-10(12)7-9/h2-4,7H,1,5-6H2,(H,13,14). The quantitative estimate of drug-likeness (QED) is 0.839. The van der Waals surface area contributed by atoms with E-state index in [0.717, 1.165) is 15.6 Å². The molecule has 0 bridgehead atoms. The monoisotopic (exact) mass is 254 g/mol. The Bertz CT molecular complexity index is 358. The molecule has 0 spiro atoms. The van der Waals surface area contributed by atoms with Crippen molar-refractivity contribution in [3.8, 4) is 0 Å². The van der Waals surface area contributed by atoms with Gasteiger partial charge in [0.05, 0.1) is 6.42 Å². The molecule has 0 radical (unpaired) electrons. The highest BCUT2D eigenvalue weighted by Crippen LogP contribution is 2.15. The number of carboxylic acid groups (broad SMARTS) is 1. The number of carbonyl (C=O) groups is 1. The minimum absolute atomic E-state index is 0.0342. The summed E-state index contributed by atoms with van der Waals surface area (Å²) in [5.41, 5.74) is 1.79. The van der Waals surface area contributed by atoms with Crippen LogP contribution in [0.3, 0.4) is 0 Å². The van der Waals surface area contributed by atoms with Crippen molar-refractivity contribution in [2.45, 2.75) is 12.8 Å². The molecule has 3 heteroatoms. The lowest BCUT2D eigenvalue weighted by Gasteiger charge is -2.03. The van der Waals surface area contributed by atoms with E-state index in [1.54, 1.807) is 0 Å². The van der Waals surface area contributed by atoms with Crippen molar-refractivity contribution in [3.05, 3.63) is 46.5 Å². The van der Waals surface area contributed by atoms with Gasteiger partial charge in [-0.05, 0) is 24.1 Å². The molecule has 0 unspecified atom stereocenters. The number of halogens is 1. The van der Waals surface area contributed by atoms with Crippen molar-refractivity contribution in [2.24, 2.45) is 0 Å². The number of hydrogen-bond donors (Lipinski definition) is 1. The lowest BCUT2D eigenvalue weighted by Crippen LogP contribution is -1.98. The van der Waals surface area contributed by atoms with Crippen molar-refractivity contribution in [1.82, 2.24) is 0 Å². The average Bonchev–Trinajstić information content (AvgIpc) is 2.01. The first kappa shape index (κ1) is 11.0. The first-order valence-corrected chi connectivity index (χ1v) is 5.00. The second-order valence-corrected chi connectivity index (χ2v) is 4.04. The summed E-state index contributed by atoms with van der Waals surface area (Å²) in [6.07, 6.45) is 0.651. The summed E-state index contributed by atoms with van der Waals surface area (Å²) >= 11 is 3.36. The Morgan fingerprint density at radius 1 is 1.50 bits per heavy atom. The van der Waals surface area contributed by atoms with E-state index in [4.69, 9.17) is 5.11 Å². The van der Waals surface area contributed by atoms with Gasteiger partial charge in [0.1, 0.15) is 0 Å². The molecule has 0 fully saturated rings. The maximum absolute atomic E-state index is 10.4. The van der Waals surface area contributed by atoms with Gasteiger partial charge in [0, 0.05) is 4.47 Å². The summed E-state index contributed by atoms with van der Waals surface area (Å²) in [6.45, 7) is 3.72. The van der Waals surface area contributed by atoms with E-state index in [2.05, 4.69) is 22.5 Å². The molecule has 0 aliphatic heterocycles. The smallest absolute Gasteiger partial charge is 0.307 e. The Kier molecular flexibility index (Phi) is 3.89. The first-order chi connectivity index (χ1) is 6.58. The van der Waals surface area contributed by atoms with E-state index in [-0.39, 0.29) is 6.42 Å². The van der Waals surface area contributed by atoms with Gasteiger partial charge >= 0.3 is 5.97 Å². The largest absolute Gasteiger partial charge is 0.481 e. The Hall–Kier alpha value is -1.09. The fourth-order valence-corrected chi connectivity index (χ4v) is 1.66. The van der Waals surface area contributed by atoms with Crippen LogP contribution in [-0.2, 0) is 11.2 Å². The molecule has 2 nitrogen and oxygen atoms in total. The minimum atomic E-state index is -0.829. The fraction of sp³-hybridized carbons (Fsp3) is 0.182. The van der Waals surface area contributed by atoms with Gasteiger partial charge in [0.2, 0.25) is 0 Å². The van der Waals surface area contributed by atoms with Gasteiger partial charge in [-0.25, -0.2) is 0 Å². The second kappa shape index (κ2) is 4.96. The Balaban J connectivity index is 2.60. The van der Waals surface area contributed by atoms with Gasteiger partial charge in [-0.2, -0.15) is 0 Å². The summed E-state index contributed by atoms with van der Waals surface area (Å²) in [7, 11) is 0. The third kappa shape index (κ3) is 3.75. The molecule has 0 aromatic heterocycles. The number of benzene rings is 1. The molecule has 0 saturated heterocycles. The van der Waals surface area contributed by atoms with Crippen LogP contribution < -0.4 is 0 Å². The number of carboxylic acids is 1. The van der Waals surface area contributed by atoms with Crippen LogP contribution in [0.2, 0.25) is 0 Å². The van der Waals surface area contributed by atoms with E-state index in [1.165, 1.54) is 0 Å². The van der Waals surface area contributed by atoms with Crippen LogP contribution in [0.1, 0.15) is 12.0 Å². The highest BCUT2D eigenvalue weighted by atomic mass is 79.9. The third-order valence-corrected chi connectivity index (χ3v) is 2.24. The average molecular weight is 255 g/mol. The zero-order chi connectivity index (χ0) is 10.6. The van der Waals surface area contributed by atoms with Gasteiger partial charge in [-0.15, -0.1) is 0 Å². The van der Waals surface area contributed by atoms with Crippen LogP contribution in [0.25, 0.3) is 0 Å². The molecule has 74 valence electrons. The molecule has 0 saturated carbocycles. The van der Waals surface area contributed by atoms with Crippen LogP contribution in [0, 0.1) is 0 Å². The molecule has 0 atom stereocenters. The van der Waals surface area contributed by atoms with Crippen molar-refractivity contribution >= 4 is 21.9 Å². The summed E-state index contributed by atoms with van der Waals surface area (Å²) < 4.78 is 0.998. The second-order valence-electron chi connectivity index (χ2n) is 3.13. The lowest BCUT2D eigenvalue weighted by atomic mass is 10.0. The Morgan fingerprint density at radius 3 is 2.79 bits per heavy atom. The molecule has 1 aromatic rings. The molecule has 0 heterocycles. The molecular weight excluding hydrogens is 244 g/mol. The SMILES string of the molecule is C=C(CC(=O)O)Cc1cccc(Br)c1. The predicted molar refractivity (Wildman–Crippen MR) is 59.2 cm³/mol. The maximum Gasteiger partial charge on any atom is 0.307 e. The van der Waals surface area contributed by atoms with Gasteiger partial charge < -0.3 is 5.11 Å². The number of rotatable bonds is 4. The van der Waals surface area contributed by atoms with Crippen molar-refractivity contribution in [3.63, 3.8) is 0 Å². The molecule has 0 amide bonds. The molecule has 0 aliphatic carbocycles. The van der Waals surface area contributed by atoms with Crippen molar-refractivity contribution < 1.29 is 9.90 Å². The first-order valence-electron chi connectivity index (χ1n) is 4.21. The molecule has 1 rings (SSSR count). The molecule has 14 heavy (non-hydrogen) atoms. The van der Waals surface area contributed by atoms with Crippen LogP contribution in [0.4, 0.5) is 0 Å². The molecule has 1 aromatic carbocycles. The fourth-order valence-electron chi connectivity index (χ4n) is 1.21. The maximum atomic E-state index is 10.4. The van der Waals surface area contributed by atoms with Crippen molar-refractivity contribution in [2.75, 3.05) is 0 Å². The van der Waals surface area contributed by atoms with Gasteiger partial charge in [-0.1, -0.05) is 40.2 Å². The van der Waals surface area contributed by atoms with E-state index in [1.807, 2.05) is 24.3 Å². The molecule has 0 aliphatic rings. The van der Waals surface area contributed by atoms with Gasteiger partial charge in [0.15, 0.2) is 0 Å². The third-order valence-electron chi connectivity index (χ3n) is 1.74. The van der Waals surface area contributed by atoms with Crippen LogP contribution in [0.15, 0.2) is 40.9 Å². The topological polar surface area (TPSA) is 37.3 Å². The normalized spacial score (nSPS) is 9.79. The summed E-state index contributed by atoms with van der Waals surface area (Å²) in [4.78, 5) is 10.4. The van der Waals surface area contributed by atoms with E-state index >= 15 is 0 Å². The zero-order valence-corrected chi connectivity index (χ0v) is 9.25. The number of aliphatic carboxylic acids is 1. The van der Waals surface area contributed by atoms with Crippen LogP contribution >= 0.6 is 15.9 Å². The summed E-state index contributed by atoms with van der Waals surface area (Å²) in [6, 6.07) is 7.78. The summed E-state index contributed by atoms with van der Waals surface area (Å²) in [5.74, 6) is -0.829. The molecular formula is C11H11BrO2. The number of hydrogen-bond acceptors (Lipinski definition) is 1. The van der Waals surface area contributed by atoms with E-state index in [0.29, 0.717) is 6.42 Å².